The maximum atomic E-state index is 4.53. The first kappa shape index (κ1) is 13.1. The maximum Gasteiger partial charge on any atom is 0.203 e. The molecule has 0 spiro atoms. The van der Waals surface area contributed by atoms with Crippen LogP contribution in [0.25, 0.3) is 0 Å². The summed E-state index contributed by atoms with van der Waals surface area (Å²) in [5.41, 5.74) is 1.09. The molecule has 16 heavy (non-hydrogen) atoms. The second kappa shape index (κ2) is 5.92. The lowest BCUT2D eigenvalue weighted by atomic mass is 10.1. The Kier molecular flexibility index (Phi) is 4.84. The first-order valence-electron chi connectivity index (χ1n) is 6.33. The van der Waals surface area contributed by atoms with Crippen molar-refractivity contribution in [1.82, 2.24) is 9.55 Å². The van der Waals surface area contributed by atoms with E-state index in [1.54, 1.807) is 0 Å². The molecule has 0 radical (unpaired) electrons. The summed E-state index contributed by atoms with van der Waals surface area (Å²) in [5.74, 6) is 1.74. The van der Waals surface area contributed by atoms with Crippen LogP contribution in [0.2, 0.25) is 0 Å². The van der Waals surface area contributed by atoms with Crippen LogP contribution in [0, 0.1) is 12.8 Å². The molecule has 3 nitrogen and oxygen atoms in total. The molecular formula is C13H25N3. The number of nitrogens with zero attached hydrogens (tertiary/aromatic N) is 2. The predicted octanol–water partition coefficient (Wildman–Crippen LogP) is 3.45. The van der Waals surface area contributed by atoms with Gasteiger partial charge in [0.25, 0.3) is 0 Å². The number of imidazole rings is 1. The standard InChI is InChI=1S/C13H25N3/c1-6-7-16-9-12(5)15-13(16)14-11(4)8-10(2)3/h9-11H,6-8H2,1-5H3,(H,14,15). The summed E-state index contributed by atoms with van der Waals surface area (Å²) in [7, 11) is 0. The van der Waals surface area contributed by atoms with Crippen molar-refractivity contribution in [3.8, 4) is 0 Å². The first-order chi connectivity index (χ1) is 7.52. The average molecular weight is 223 g/mol. The fourth-order valence-corrected chi connectivity index (χ4v) is 2.06. The van der Waals surface area contributed by atoms with Gasteiger partial charge in [0, 0.05) is 18.8 Å². The van der Waals surface area contributed by atoms with Crippen molar-refractivity contribution in [2.24, 2.45) is 5.92 Å². The third-order valence-electron chi connectivity index (χ3n) is 2.56. The normalized spacial score (nSPS) is 13.1. The SMILES string of the molecule is CCCn1cc(C)nc1NC(C)CC(C)C. The summed E-state index contributed by atoms with van der Waals surface area (Å²) in [6.45, 7) is 12.0. The number of rotatable bonds is 6. The molecule has 0 saturated carbocycles. The van der Waals surface area contributed by atoms with Crippen LogP contribution in [-0.2, 0) is 6.54 Å². The summed E-state index contributed by atoms with van der Waals surface area (Å²) in [4.78, 5) is 4.53. The molecule has 1 aromatic rings. The lowest BCUT2D eigenvalue weighted by molar-refractivity contribution is 0.534. The van der Waals surface area contributed by atoms with Gasteiger partial charge >= 0.3 is 0 Å². The zero-order chi connectivity index (χ0) is 12.1. The van der Waals surface area contributed by atoms with Gasteiger partial charge in [0.05, 0.1) is 5.69 Å². The highest BCUT2D eigenvalue weighted by Crippen LogP contribution is 2.13. The fourth-order valence-electron chi connectivity index (χ4n) is 2.06. The Balaban J connectivity index is 2.64. The zero-order valence-electron chi connectivity index (χ0n) is 11.2. The number of nitrogens with one attached hydrogen (secondary N) is 1. The molecule has 0 amide bonds. The molecule has 0 aliphatic heterocycles. The number of aromatic nitrogens is 2. The van der Waals surface area contributed by atoms with E-state index in [1.807, 2.05) is 6.92 Å². The van der Waals surface area contributed by atoms with Gasteiger partial charge in [0.1, 0.15) is 0 Å². The van der Waals surface area contributed by atoms with E-state index >= 15 is 0 Å². The molecule has 0 fully saturated rings. The average Bonchev–Trinajstić information content (AvgIpc) is 2.45. The van der Waals surface area contributed by atoms with Gasteiger partial charge in [-0.2, -0.15) is 0 Å². The van der Waals surface area contributed by atoms with E-state index in [0.29, 0.717) is 6.04 Å². The van der Waals surface area contributed by atoms with E-state index in [4.69, 9.17) is 0 Å². The van der Waals surface area contributed by atoms with Crippen molar-refractivity contribution >= 4 is 5.95 Å². The van der Waals surface area contributed by atoms with Crippen molar-refractivity contribution in [3.05, 3.63) is 11.9 Å². The largest absolute Gasteiger partial charge is 0.353 e. The van der Waals surface area contributed by atoms with Gasteiger partial charge in [-0.05, 0) is 32.6 Å². The zero-order valence-corrected chi connectivity index (χ0v) is 11.2. The molecule has 0 bridgehead atoms. The molecule has 1 rings (SSSR count). The summed E-state index contributed by atoms with van der Waals surface area (Å²) in [6.07, 6.45) is 4.44. The highest BCUT2D eigenvalue weighted by Gasteiger charge is 2.09. The summed E-state index contributed by atoms with van der Waals surface area (Å²) in [6, 6.07) is 0.484. The quantitative estimate of drug-likeness (QED) is 0.800. The van der Waals surface area contributed by atoms with Crippen molar-refractivity contribution in [2.45, 2.75) is 60.0 Å². The van der Waals surface area contributed by atoms with Gasteiger partial charge in [-0.3, -0.25) is 0 Å². The Morgan fingerprint density at radius 1 is 1.38 bits per heavy atom. The molecular weight excluding hydrogens is 198 g/mol. The summed E-state index contributed by atoms with van der Waals surface area (Å²) >= 11 is 0. The van der Waals surface area contributed by atoms with E-state index in [2.05, 4.69) is 48.8 Å². The van der Waals surface area contributed by atoms with Gasteiger partial charge in [-0.25, -0.2) is 4.98 Å². The van der Waals surface area contributed by atoms with E-state index in [-0.39, 0.29) is 0 Å². The second-order valence-corrected chi connectivity index (χ2v) is 5.07. The lowest BCUT2D eigenvalue weighted by Crippen LogP contribution is -2.20. The van der Waals surface area contributed by atoms with E-state index < -0.39 is 0 Å². The number of anilines is 1. The fraction of sp³-hybridized carbons (Fsp3) is 0.769. The van der Waals surface area contributed by atoms with Gasteiger partial charge in [0.15, 0.2) is 0 Å². The minimum Gasteiger partial charge on any atom is -0.353 e. The summed E-state index contributed by atoms with van der Waals surface area (Å²) < 4.78 is 2.21. The topological polar surface area (TPSA) is 29.9 Å². The van der Waals surface area contributed by atoms with Crippen LogP contribution in [0.5, 0.6) is 0 Å². The molecule has 0 saturated heterocycles. The van der Waals surface area contributed by atoms with E-state index in [0.717, 1.165) is 30.5 Å². The third-order valence-corrected chi connectivity index (χ3v) is 2.56. The van der Waals surface area contributed by atoms with Crippen LogP contribution >= 0.6 is 0 Å². The van der Waals surface area contributed by atoms with E-state index in [9.17, 15) is 0 Å². The molecule has 0 aliphatic rings. The van der Waals surface area contributed by atoms with Gasteiger partial charge in [-0.1, -0.05) is 20.8 Å². The monoisotopic (exact) mass is 223 g/mol. The van der Waals surface area contributed by atoms with Crippen molar-refractivity contribution in [3.63, 3.8) is 0 Å². The van der Waals surface area contributed by atoms with Crippen LogP contribution in [-0.4, -0.2) is 15.6 Å². The van der Waals surface area contributed by atoms with Gasteiger partial charge < -0.3 is 9.88 Å². The molecule has 92 valence electrons. The minimum atomic E-state index is 0.484. The van der Waals surface area contributed by atoms with Crippen LogP contribution in [0.3, 0.4) is 0 Å². The Hall–Kier alpha value is -0.990. The van der Waals surface area contributed by atoms with Crippen LogP contribution in [0.1, 0.15) is 46.2 Å². The molecule has 1 atom stereocenters. The van der Waals surface area contributed by atoms with Gasteiger partial charge in [0.2, 0.25) is 5.95 Å². The smallest absolute Gasteiger partial charge is 0.203 e. The molecule has 0 aromatic carbocycles. The van der Waals surface area contributed by atoms with Crippen LogP contribution in [0.4, 0.5) is 5.95 Å². The molecule has 0 aliphatic carbocycles. The number of hydrogen-bond donors (Lipinski definition) is 1. The van der Waals surface area contributed by atoms with Crippen LogP contribution in [0.15, 0.2) is 6.20 Å². The molecule has 3 heteroatoms. The highest BCUT2D eigenvalue weighted by atomic mass is 15.2. The van der Waals surface area contributed by atoms with Gasteiger partial charge in [-0.15, -0.1) is 0 Å². The molecule has 1 N–H and O–H groups in total. The number of aryl methyl sites for hydroxylation is 2. The Labute approximate surface area is 99.3 Å². The van der Waals surface area contributed by atoms with Crippen molar-refractivity contribution in [2.75, 3.05) is 5.32 Å². The van der Waals surface area contributed by atoms with E-state index in [1.165, 1.54) is 6.42 Å². The Morgan fingerprint density at radius 2 is 2.06 bits per heavy atom. The highest BCUT2D eigenvalue weighted by molar-refractivity contribution is 5.29. The minimum absolute atomic E-state index is 0.484. The number of hydrogen-bond acceptors (Lipinski definition) is 2. The predicted molar refractivity (Wildman–Crippen MR) is 69.8 cm³/mol. The third kappa shape index (κ3) is 3.87. The van der Waals surface area contributed by atoms with Crippen LogP contribution < -0.4 is 5.32 Å². The second-order valence-electron chi connectivity index (χ2n) is 5.07. The van der Waals surface area contributed by atoms with Crippen molar-refractivity contribution < 1.29 is 0 Å². The summed E-state index contributed by atoms with van der Waals surface area (Å²) in [5, 5.41) is 3.50. The Bertz CT molecular complexity index is 315. The Morgan fingerprint density at radius 3 is 2.62 bits per heavy atom. The lowest BCUT2D eigenvalue weighted by Gasteiger charge is -2.17. The first-order valence-corrected chi connectivity index (χ1v) is 6.33. The molecule has 1 aromatic heterocycles. The molecule has 1 unspecified atom stereocenters. The van der Waals surface area contributed by atoms with Crippen molar-refractivity contribution in [1.29, 1.82) is 0 Å². The molecule has 1 heterocycles. The maximum absolute atomic E-state index is 4.53.